The minimum Gasteiger partial charge on any atom is -0.456 e. The Hall–Kier alpha value is -9.96. The molecule has 1 aliphatic carbocycles. The van der Waals surface area contributed by atoms with E-state index in [1.807, 2.05) is 0 Å². The van der Waals surface area contributed by atoms with Gasteiger partial charge in [0.1, 0.15) is 11.2 Å². The van der Waals surface area contributed by atoms with Crippen LogP contribution in [0.5, 0.6) is 0 Å². The summed E-state index contributed by atoms with van der Waals surface area (Å²) in [5.74, 6) is 0. The third kappa shape index (κ3) is 6.83. The van der Waals surface area contributed by atoms with E-state index < -0.39 is 5.41 Å². The molecule has 2 heterocycles. The average Bonchev–Trinajstić information content (AvgIpc) is 4.19. The minimum atomic E-state index is -0.626. The van der Waals surface area contributed by atoms with Gasteiger partial charge in [-0.3, -0.25) is 0 Å². The van der Waals surface area contributed by atoms with Crippen molar-refractivity contribution in [1.82, 2.24) is 4.57 Å². The van der Waals surface area contributed by atoms with Crippen LogP contribution in [0.1, 0.15) is 22.3 Å². The van der Waals surface area contributed by atoms with Crippen molar-refractivity contribution in [1.29, 1.82) is 0 Å². The van der Waals surface area contributed by atoms with E-state index in [0.717, 1.165) is 66.9 Å². The second kappa shape index (κ2) is 17.6. The molecule has 0 amide bonds. The van der Waals surface area contributed by atoms with Crippen molar-refractivity contribution in [2.75, 3.05) is 4.90 Å². The number of anilines is 3. The average molecular weight is 969 g/mol. The summed E-state index contributed by atoms with van der Waals surface area (Å²) in [6.07, 6.45) is 0. The molecule has 15 rings (SSSR count). The van der Waals surface area contributed by atoms with E-state index in [2.05, 4.69) is 301 Å². The van der Waals surface area contributed by atoms with E-state index in [1.165, 1.54) is 66.3 Å². The molecule has 0 atom stereocenters. The van der Waals surface area contributed by atoms with Crippen LogP contribution in [0, 0.1) is 0 Å². The summed E-state index contributed by atoms with van der Waals surface area (Å²) in [5, 5.41) is 4.57. The molecule has 2 aromatic heterocycles. The molecule has 0 aliphatic heterocycles. The monoisotopic (exact) mass is 968 g/mol. The predicted molar refractivity (Wildman–Crippen MR) is 316 cm³/mol. The molecule has 0 saturated carbocycles. The van der Waals surface area contributed by atoms with Crippen LogP contribution in [0.15, 0.2) is 296 Å². The summed E-state index contributed by atoms with van der Waals surface area (Å²) in [5.41, 5.74) is 22.1. The summed E-state index contributed by atoms with van der Waals surface area (Å²) >= 11 is 0. The van der Waals surface area contributed by atoms with Crippen molar-refractivity contribution in [3.63, 3.8) is 0 Å². The van der Waals surface area contributed by atoms with Gasteiger partial charge in [-0.1, -0.05) is 212 Å². The van der Waals surface area contributed by atoms with Crippen molar-refractivity contribution in [2.24, 2.45) is 0 Å². The first-order chi connectivity index (χ1) is 37.7. The molecule has 3 nitrogen and oxygen atoms in total. The van der Waals surface area contributed by atoms with Crippen LogP contribution in [0.2, 0.25) is 0 Å². The number of fused-ring (bicyclic) bond motifs is 9. The Balaban J connectivity index is 0.960. The van der Waals surface area contributed by atoms with Crippen LogP contribution in [0.4, 0.5) is 17.1 Å². The Kier molecular flexibility index (Phi) is 10.1. The Morgan fingerprint density at radius 2 is 0.842 bits per heavy atom. The van der Waals surface area contributed by atoms with Gasteiger partial charge in [0.15, 0.2) is 0 Å². The number of aromatic nitrogens is 1. The molecule has 0 saturated heterocycles. The van der Waals surface area contributed by atoms with E-state index in [0.29, 0.717) is 0 Å². The highest BCUT2D eigenvalue weighted by Crippen LogP contribution is 2.57. The number of nitrogens with zero attached hydrogens (tertiary/aromatic N) is 2. The molecule has 14 aromatic rings. The fourth-order valence-electron chi connectivity index (χ4n) is 12.5. The van der Waals surface area contributed by atoms with Gasteiger partial charge in [0.05, 0.1) is 27.5 Å². The first kappa shape index (κ1) is 43.6. The Morgan fingerprint density at radius 1 is 0.316 bits per heavy atom. The van der Waals surface area contributed by atoms with Crippen LogP contribution in [0.25, 0.3) is 93.9 Å². The molecular weight excluding hydrogens is 921 g/mol. The predicted octanol–water partition coefficient (Wildman–Crippen LogP) is 19.5. The summed E-state index contributed by atoms with van der Waals surface area (Å²) in [6, 6.07) is 106. The van der Waals surface area contributed by atoms with Gasteiger partial charge in [-0.25, -0.2) is 0 Å². The normalized spacial score (nSPS) is 12.6. The molecule has 3 heteroatoms. The maximum atomic E-state index is 6.78. The Bertz CT molecular complexity index is 4470. The Morgan fingerprint density at radius 3 is 1.59 bits per heavy atom. The lowest BCUT2D eigenvalue weighted by atomic mass is 9.67. The fraction of sp³-hybridized carbons (Fsp3) is 0.0137. The smallest absolute Gasteiger partial charge is 0.137 e. The number of para-hydroxylation sites is 2. The molecule has 0 bridgehead atoms. The van der Waals surface area contributed by atoms with Crippen molar-refractivity contribution >= 4 is 60.8 Å². The SMILES string of the molecule is c1ccc(-c2ccc(C3(c4cccc(N(c5cccc(-c6ccc7c(c6)c6ccccc6n7-c6ccccc6)c5)c5cccc6oc7ccc(-c8ccccc8)cc7c56)c4)c4ccccc4-c4ccccc43)cc2)cc1. The van der Waals surface area contributed by atoms with Crippen molar-refractivity contribution in [3.05, 3.63) is 313 Å². The van der Waals surface area contributed by atoms with E-state index in [1.54, 1.807) is 0 Å². The number of rotatable bonds is 9. The molecule has 0 radical (unpaired) electrons. The second-order valence-corrected chi connectivity index (χ2v) is 20.0. The van der Waals surface area contributed by atoms with Gasteiger partial charge in [0.2, 0.25) is 0 Å². The molecule has 0 N–H and O–H groups in total. The zero-order valence-corrected chi connectivity index (χ0v) is 41.5. The zero-order valence-electron chi connectivity index (χ0n) is 41.5. The van der Waals surface area contributed by atoms with Gasteiger partial charge in [0, 0.05) is 33.2 Å². The molecule has 0 fully saturated rings. The maximum Gasteiger partial charge on any atom is 0.137 e. The molecule has 356 valence electrons. The standard InChI is InChI=1S/C73H48N2O/c1-4-19-49(20-5-1)51-37-41-55(42-38-51)73(65-32-13-10-29-60(65)61-30-11-14-33-66(61)73)56-24-17-28-59(48-56)74(69-35-18-36-71-72(69)64-47-53(40-44-70(64)76-71)50-21-6-2-7-22-50)58-27-16-23-52(45-58)54-39-43-68-63(46-54)62-31-12-15-34-67(62)75(68)57-25-8-3-9-26-57/h1-48H. The van der Waals surface area contributed by atoms with Gasteiger partial charge in [-0.15, -0.1) is 0 Å². The number of furan rings is 1. The van der Waals surface area contributed by atoms with Crippen molar-refractivity contribution in [3.8, 4) is 50.2 Å². The third-order valence-electron chi connectivity index (χ3n) is 15.9. The van der Waals surface area contributed by atoms with Crippen LogP contribution < -0.4 is 4.90 Å². The minimum absolute atomic E-state index is 0.626. The summed E-state index contributed by atoms with van der Waals surface area (Å²) in [6.45, 7) is 0. The highest BCUT2D eigenvalue weighted by Gasteiger charge is 2.46. The molecular formula is C73H48N2O. The van der Waals surface area contributed by atoms with Gasteiger partial charge >= 0.3 is 0 Å². The molecule has 1 aliphatic rings. The van der Waals surface area contributed by atoms with E-state index in [4.69, 9.17) is 4.42 Å². The van der Waals surface area contributed by atoms with Crippen LogP contribution in [-0.2, 0) is 5.41 Å². The third-order valence-corrected chi connectivity index (χ3v) is 15.9. The maximum absolute atomic E-state index is 6.78. The molecule has 12 aromatic carbocycles. The highest BCUT2D eigenvalue weighted by molar-refractivity contribution is 6.15. The van der Waals surface area contributed by atoms with E-state index >= 15 is 0 Å². The van der Waals surface area contributed by atoms with E-state index in [-0.39, 0.29) is 0 Å². The van der Waals surface area contributed by atoms with Crippen LogP contribution in [-0.4, -0.2) is 4.57 Å². The van der Waals surface area contributed by atoms with Gasteiger partial charge in [-0.2, -0.15) is 0 Å². The summed E-state index contributed by atoms with van der Waals surface area (Å²) in [4.78, 5) is 2.46. The van der Waals surface area contributed by atoms with Gasteiger partial charge < -0.3 is 13.9 Å². The Labute approximate surface area is 441 Å². The highest BCUT2D eigenvalue weighted by atomic mass is 16.3. The first-order valence-corrected chi connectivity index (χ1v) is 26.1. The zero-order chi connectivity index (χ0) is 50.2. The lowest BCUT2D eigenvalue weighted by Gasteiger charge is -2.35. The quantitative estimate of drug-likeness (QED) is 0.144. The summed E-state index contributed by atoms with van der Waals surface area (Å²) in [7, 11) is 0. The molecule has 0 spiro atoms. The van der Waals surface area contributed by atoms with Crippen LogP contribution >= 0.6 is 0 Å². The van der Waals surface area contributed by atoms with E-state index in [9.17, 15) is 0 Å². The van der Waals surface area contributed by atoms with Crippen LogP contribution in [0.3, 0.4) is 0 Å². The largest absolute Gasteiger partial charge is 0.456 e. The number of hydrogen-bond donors (Lipinski definition) is 0. The molecule has 0 unspecified atom stereocenters. The lowest BCUT2D eigenvalue weighted by Crippen LogP contribution is -2.29. The number of hydrogen-bond acceptors (Lipinski definition) is 2. The second-order valence-electron chi connectivity index (χ2n) is 20.0. The van der Waals surface area contributed by atoms with Gasteiger partial charge in [0.25, 0.3) is 0 Å². The first-order valence-electron chi connectivity index (χ1n) is 26.1. The number of benzene rings is 12. The van der Waals surface area contributed by atoms with Gasteiger partial charge in [-0.05, 0) is 146 Å². The van der Waals surface area contributed by atoms with Crippen molar-refractivity contribution in [2.45, 2.75) is 5.41 Å². The van der Waals surface area contributed by atoms with Crippen molar-refractivity contribution < 1.29 is 4.42 Å². The lowest BCUT2D eigenvalue weighted by molar-refractivity contribution is 0.669. The summed E-state index contributed by atoms with van der Waals surface area (Å²) < 4.78 is 9.16. The fourth-order valence-corrected chi connectivity index (χ4v) is 12.5. The molecule has 76 heavy (non-hydrogen) atoms. The topological polar surface area (TPSA) is 21.3 Å².